The maximum atomic E-state index is 11.8. The molecule has 9 heteroatoms. The number of aromatic nitrogens is 1. The third-order valence-corrected chi connectivity index (χ3v) is 2.76. The summed E-state index contributed by atoms with van der Waals surface area (Å²) in [5, 5.41) is 23.8. The van der Waals surface area contributed by atoms with Gasteiger partial charge in [-0.25, -0.2) is 0 Å². The SMILES string of the molecule is O=C(/C=C/c1cccc([N+](=O)[O-])c1)Nc1ccncc1[N+](=O)[O-]. The van der Waals surface area contributed by atoms with Crippen molar-refractivity contribution in [3.8, 4) is 0 Å². The van der Waals surface area contributed by atoms with E-state index in [-0.39, 0.29) is 17.1 Å². The van der Waals surface area contributed by atoms with E-state index < -0.39 is 15.8 Å². The Morgan fingerprint density at radius 3 is 2.65 bits per heavy atom. The molecule has 2 rings (SSSR count). The first-order chi connectivity index (χ1) is 11.0. The van der Waals surface area contributed by atoms with Crippen LogP contribution in [0, 0.1) is 20.2 Å². The second-order valence-corrected chi connectivity index (χ2v) is 4.32. The van der Waals surface area contributed by atoms with E-state index >= 15 is 0 Å². The van der Waals surface area contributed by atoms with Crippen molar-refractivity contribution in [2.24, 2.45) is 0 Å². The minimum Gasteiger partial charge on any atom is -0.317 e. The molecule has 0 saturated heterocycles. The maximum Gasteiger partial charge on any atom is 0.310 e. The molecule has 0 fully saturated rings. The number of nitro groups is 2. The zero-order chi connectivity index (χ0) is 16.8. The van der Waals surface area contributed by atoms with Crippen molar-refractivity contribution in [2.45, 2.75) is 0 Å². The van der Waals surface area contributed by atoms with Gasteiger partial charge in [-0.05, 0) is 17.7 Å². The van der Waals surface area contributed by atoms with Gasteiger partial charge in [0.25, 0.3) is 5.69 Å². The first-order valence-electron chi connectivity index (χ1n) is 6.29. The van der Waals surface area contributed by atoms with Crippen LogP contribution >= 0.6 is 0 Å². The van der Waals surface area contributed by atoms with Gasteiger partial charge in [-0.3, -0.25) is 30.0 Å². The molecular formula is C14H10N4O5. The maximum absolute atomic E-state index is 11.8. The highest BCUT2D eigenvalue weighted by atomic mass is 16.6. The molecule has 0 aliphatic rings. The van der Waals surface area contributed by atoms with E-state index in [0.717, 1.165) is 12.3 Å². The topological polar surface area (TPSA) is 128 Å². The summed E-state index contributed by atoms with van der Waals surface area (Å²) in [6.45, 7) is 0. The number of nitro benzene ring substituents is 1. The van der Waals surface area contributed by atoms with Crippen molar-refractivity contribution in [2.75, 3.05) is 5.32 Å². The van der Waals surface area contributed by atoms with Gasteiger partial charge < -0.3 is 5.32 Å². The van der Waals surface area contributed by atoms with E-state index in [1.807, 2.05) is 0 Å². The van der Waals surface area contributed by atoms with Gasteiger partial charge in [0.2, 0.25) is 5.91 Å². The average Bonchev–Trinajstić information content (AvgIpc) is 2.53. The molecule has 0 unspecified atom stereocenters. The molecule has 0 aliphatic carbocycles. The second kappa shape index (κ2) is 6.89. The van der Waals surface area contributed by atoms with Crippen LogP contribution in [0.5, 0.6) is 0 Å². The van der Waals surface area contributed by atoms with Crippen LogP contribution < -0.4 is 5.32 Å². The monoisotopic (exact) mass is 314 g/mol. The highest BCUT2D eigenvalue weighted by Gasteiger charge is 2.14. The number of carbonyl (C=O) groups excluding carboxylic acids is 1. The van der Waals surface area contributed by atoms with E-state index in [4.69, 9.17) is 0 Å². The van der Waals surface area contributed by atoms with E-state index in [1.54, 1.807) is 6.07 Å². The smallest absolute Gasteiger partial charge is 0.310 e. The van der Waals surface area contributed by atoms with Crippen molar-refractivity contribution in [3.63, 3.8) is 0 Å². The Morgan fingerprint density at radius 2 is 1.96 bits per heavy atom. The lowest BCUT2D eigenvalue weighted by molar-refractivity contribution is -0.384. The molecule has 1 aromatic carbocycles. The molecule has 0 aliphatic heterocycles. The highest BCUT2D eigenvalue weighted by molar-refractivity contribution is 6.03. The second-order valence-electron chi connectivity index (χ2n) is 4.32. The molecule has 1 N–H and O–H groups in total. The van der Waals surface area contributed by atoms with Gasteiger partial charge in [-0.1, -0.05) is 12.1 Å². The van der Waals surface area contributed by atoms with Crippen LogP contribution in [-0.2, 0) is 4.79 Å². The molecule has 2 aromatic rings. The fourth-order valence-electron chi connectivity index (χ4n) is 1.73. The van der Waals surface area contributed by atoms with Gasteiger partial charge >= 0.3 is 5.69 Å². The lowest BCUT2D eigenvalue weighted by Gasteiger charge is -2.02. The van der Waals surface area contributed by atoms with Crippen molar-refractivity contribution in [1.82, 2.24) is 4.98 Å². The minimum atomic E-state index is -0.660. The van der Waals surface area contributed by atoms with Gasteiger partial charge in [-0.2, -0.15) is 0 Å². The molecule has 1 amide bonds. The Labute approximate surface area is 129 Å². The molecular weight excluding hydrogens is 304 g/mol. The third kappa shape index (κ3) is 4.17. The number of non-ortho nitro benzene ring substituents is 1. The number of nitrogens with zero attached hydrogens (tertiary/aromatic N) is 3. The third-order valence-electron chi connectivity index (χ3n) is 2.76. The van der Waals surface area contributed by atoms with Crippen LogP contribution in [0.25, 0.3) is 6.08 Å². The molecule has 0 radical (unpaired) electrons. The Bertz CT molecular complexity index is 803. The van der Waals surface area contributed by atoms with Gasteiger partial charge in [-0.15, -0.1) is 0 Å². The van der Waals surface area contributed by atoms with Crippen molar-refractivity contribution in [1.29, 1.82) is 0 Å². The largest absolute Gasteiger partial charge is 0.317 e. The predicted molar refractivity (Wildman–Crippen MR) is 81.7 cm³/mol. The first-order valence-corrected chi connectivity index (χ1v) is 6.29. The predicted octanol–water partition coefficient (Wildman–Crippen LogP) is 2.55. The quantitative estimate of drug-likeness (QED) is 0.513. The number of nitrogens with one attached hydrogen (secondary N) is 1. The summed E-state index contributed by atoms with van der Waals surface area (Å²) in [4.78, 5) is 35.7. The molecule has 0 saturated carbocycles. The van der Waals surface area contributed by atoms with E-state index in [9.17, 15) is 25.0 Å². The standard InChI is InChI=1S/C14H10N4O5/c19-14(16-12-6-7-15-9-13(12)18(22)23)5-4-10-2-1-3-11(8-10)17(20)21/h1-9H,(H,15,16,19)/b5-4+. The highest BCUT2D eigenvalue weighted by Crippen LogP contribution is 2.22. The summed E-state index contributed by atoms with van der Waals surface area (Å²) in [6.07, 6.45) is 4.84. The summed E-state index contributed by atoms with van der Waals surface area (Å²) in [5.74, 6) is -0.606. The van der Waals surface area contributed by atoms with Gasteiger partial charge in [0.05, 0.1) is 9.85 Å². The molecule has 116 valence electrons. The summed E-state index contributed by atoms with van der Waals surface area (Å²) in [6, 6.07) is 7.02. The average molecular weight is 314 g/mol. The number of anilines is 1. The zero-order valence-electron chi connectivity index (χ0n) is 11.6. The molecule has 1 aromatic heterocycles. The summed E-state index contributed by atoms with van der Waals surface area (Å²) < 4.78 is 0. The lowest BCUT2D eigenvalue weighted by atomic mass is 10.2. The van der Waals surface area contributed by atoms with Crippen molar-refractivity contribution >= 4 is 29.0 Å². The normalized spacial score (nSPS) is 10.4. The van der Waals surface area contributed by atoms with Crippen molar-refractivity contribution in [3.05, 3.63) is 74.6 Å². The lowest BCUT2D eigenvalue weighted by Crippen LogP contribution is -2.09. The van der Waals surface area contributed by atoms with Crippen LogP contribution in [0.15, 0.2) is 48.8 Å². The number of hydrogen-bond donors (Lipinski definition) is 1. The molecule has 9 nitrogen and oxygen atoms in total. The van der Waals surface area contributed by atoms with Crippen LogP contribution in [-0.4, -0.2) is 20.7 Å². The Kier molecular flexibility index (Phi) is 4.72. The fourth-order valence-corrected chi connectivity index (χ4v) is 1.73. The molecule has 1 heterocycles. The molecule has 0 atom stereocenters. The zero-order valence-corrected chi connectivity index (χ0v) is 11.6. The van der Waals surface area contributed by atoms with E-state index in [1.165, 1.54) is 36.5 Å². The number of benzene rings is 1. The van der Waals surface area contributed by atoms with Gasteiger partial charge in [0.15, 0.2) is 0 Å². The Balaban J connectivity index is 2.12. The summed E-state index contributed by atoms with van der Waals surface area (Å²) in [7, 11) is 0. The van der Waals surface area contributed by atoms with Crippen molar-refractivity contribution < 1.29 is 14.6 Å². The fraction of sp³-hybridized carbons (Fsp3) is 0. The van der Waals surface area contributed by atoms with E-state index in [2.05, 4.69) is 10.3 Å². The van der Waals surface area contributed by atoms with Gasteiger partial charge in [0, 0.05) is 24.4 Å². The van der Waals surface area contributed by atoms with Gasteiger partial charge in [0.1, 0.15) is 11.9 Å². The number of rotatable bonds is 5. The van der Waals surface area contributed by atoms with Crippen LogP contribution in [0.2, 0.25) is 0 Å². The Hall–Kier alpha value is -3.62. The summed E-state index contributed by atoms with van der Waals surface area (Å²) >= 11 is 0. The van der Waals surface area contributed by atoms with Crippen LogP contribution in [0.3, 0.4) is 0 Å². The minimum absolute atomic E-state index is 0.0127. The molecule has 0 bridgehead atoms. The number of amides is 1. The number of pyridine rings is 1. The van der Waals surface area contributed by atoms with Crippen LogP contribution in [0.4, 0.5) is 17.1 Å². The summed E-state index contributed by atoms with van der Waals surface area (Å²) in [5.41, 5.74) is 0.0409. The van der Waals surface area contributed by atoms with E-state index in [0.29, 0.717) is 5.56 Å². The molecule has 0 spiro atoms. The number of carbonyl (C=O) groups is 1. The van der Waals surface area contributed by atoms with Crippen LogP contribution in [0.1, 0.15) is 5.56 Å². The number of hydrogen-bond acceptors (Lipinski definition) is 6. The molecule has 23 heavy (non-hydrogen) atoms. The Morgan fingerprint density at radius 1 is 1.17 bits per heavy atom. The first kappa shape index (κ1) is 15.8.